The summed E-state index contributed by atoms with van der Waals surface area (Å²) in [5, 5.41) is 2.74. The SMILES string of the molecule is CC(C)(C)c1cc2c3c(c1)C1(C)CCc4ccccc4C1(C)N3c1cc(N3c4ccccc4C4(c5ccccc5)CCCCC34C)cc3c1B2c1cc(C(C)(C)C)cc2c4cc(C(C)(C)C)ccc4n-3c12. The standard InChI is InChI=1S/C67H70BN3/c1-61(2,3)43-28-29-54-47(34-43)48-35-44(62(4,5)6)37-52-59(48)69(54)56-39-46(70-55-27-19-18-26-50(55)67(42-23-14-13-15-24-42)32-21-20-31-65(67,70)11)40-57-58(56)68(52)53-38-45(63(7,8)9)36-51-60(53)71(57)66(12)49-25-17-16-22-41(49)30-33-64(51,66)10/h13-19,22-29,34-40H,20-21,30-33H2,1-12H3. The molecule has 0 amide bonds. The second-order valence-electron chi connectivity index (χ2n) is 26.6. The molecule has 3 nitrogen and oxygen atoms in total. The van der Waals surface area contributed by atoms with Crippen molar-refractivity contribution in [2.75, 3.05) is 9.80 Å². The highest BCUT2D eigenvalue weighted by atomic mass is 15.3. The third kappa shape index (κ3) is 5.27. The zero-order valence-electron chi connectivity index (χ0n) is 44.4. The molecule has 1 fully saturated rings. The van der Waals surface area contributed by atoms with Crippen molar-refractivity contribution in [3.63, 3.8) is 0 Å². The van der Waals surface area contributed by atoms with Crippen LogP contribution in [0.3, 0.4) is 0 Å². The zero-order chi connectivity index (χ0) is 49.2. The molecule has 14 rings (SSSR count). The number of benzene rings is 7. The lowest BCUT2D eigenvalue weighted by Crippen LogP contribution is -2.63. The molecule has 2 aliphatic carbocycles. The molecule has 1 aromatic heterocycles. The quantitative estimate of drug-likeness (QED) is 0.160. The van der Waals surface area contributed by atoms with Crippen LogP contribution in [0.2, 0.25) is 0 Å². The monoisotopic (exact) mass is 928 g/mol. The first-order chi connectivity index (χ1) is 33.7. The molecule has 0 N–H and O–H groups in total. The summed E-state index contributed by atoms with van der Waals surface area (Å²) >= 11 is 0. The first-order valence-electron chi connectivity index (χ1n) is 27.1. The molecular formula is C67H70BN3. The van der Waals surface area contributed by atoms with E-state index in [-0.39, 0.29) is 44.9 Å². The van der Waals surface area contributed by atoms with E-state index in [4.69, 9.17) is 0 Å². The Hall–Kier alpha value is -6.00. The van der Waals surface area contributed by atoms with Gasteiger partial charge in [0, 0.05) is 55.6 Å². The molecule has 4 atom stereocenters. The van der Waals surface area contributed by atoms with Gasteiger partial charge in [-0.05, 0) is 153 Å². The predicted octanol–water partition coefficient (Wildman–Crippen LogP) is 14.9. The van der Waals surface area contributed by atoms with Crippen molar-refractivity contribution in [2.24, 2.45) is 0 Å². The van der Waals surface area contributed by atoms with Crippen LogP contribution in [0.25, 0.3) is 27.5 Å². The Bertz CT molecular complexity index is 3630. The maximum absolute atomic E-state index is 2.94. The van der Waals surface area contributed by atoms with E-state index < -0.39 is 0 Å². The van der Waals surface area contributed by atoms with Crippen LogP contribution < -0.4 is 26.2 Å². The largest absolute Gasteiger partial charge is 0.334 e. The average Bonchev–Trinajstić information content (AvgIpc) is 3.88. The fourth-order valence-corrected chi connectivity index (χ4v) is 16.0. The van der Waals surface area contributed by atoms with Crippen molar-refractivity contribution in [3.05, 3.63) is 178 Å². The van der Waals surface area contributed by atoms with Gasteiger partial charge in [-0.25, -0.2) is 0 Å². The van der Waals surface area contributed by atoms with Crippen molar-refractivity contribution < 1.29 is 0 Å². The van der Waals surface area contributed by atoms with Crippen molar-refractivity contribution >= 4 is 67.7 Å². The van der Waals surface area contributed by atoms with Gasteiger partial charge < -0.3 is 14.4 Å². The van der Waals surface area contributed by atoms with Crippen LogP contribution >= 0.6 is 0 Å². The molecule has 4 unspecified atom stereocenters. The maximum atomic E-state index is 2.94. The lowest BCUT2D eigenvalue weighted by Gasteiger charge is -2.54. The van der Waals surface area contributed by atoms with E-state index in [1.54, 1.807) is 0 Å². The van der Waals surface area contributed by atoms with Crippen LogP contribution in [-0.2, 0) is 39.0 Å². The highest BCUT2D eigenvalue weighted by molar-refractivity contribution is 7.00. The normalized spacial score (nSPS) is 24.7. The van der Waals surface area contributed by atoms with Gasteiger partial charge in [-0.1, -0.05) is 179 Å². The highest BCUT2D eigenvalue weighted by Crippen LogP contribution is 2.67. The Kier molecular flexibility index (Phi) is 8.47. The van der Waals surface area contributed by atoms with Crippen LogP contribution in [-0.4, -0.2) is 16.8 Å². The fourth-order valence-electron chi connectivity index (χ4n) is 16.0. The molecule has 0 spiro atoms. The van der Waals surface area contributed by atoms with E-state index in [0.29, 0.717) is 0 Å². The summed E-state index contributed by atoms with van der Waals surface area (Å²) in [5.74, 6) is 0. The molecule has 0 radical (unpaired) electrons. The number of anilines is 4. The van der Waals surface area contributed by atoms with Crippen LogP contribution in [0.5, 0.6) is 0 Å². The predicted molar refractivity (Wildman–Crippen MR) is 302 cm³/mol. The molecule has 0 bridgehead atoms. The molecule has 1 saturated carbocycles. The minimum absolute atomic E-state index is 0.00930. The summed E-state index contributed by atoms with van der Waals surface area (Å²) in [6.07, 6.45) is 6.87. The van der Waals surface area contributed by atoms with Gasteiger partial charge in [0.1, 0.15) is 0 Å². The summed E-state index contributed by atoms with van der Waals surface area (Å²) in [6.45, 7) is 29.6. The number of aromatic nitrogens is 1. The van der Waals surface area contributed by atoms with E-state index in [1.165, 1.54) is 124 Å². The maximum Gasteiger partial charge on any atom is 0.252 e. The van der Waals surface area contributed by atoms with Crippen molar-refractivity contribution in [3.8, 4) is 5.69 Å². The average molecular weight is 928 g/mol. The molecule has 0 saturated heterocycles. The molecular weight excluding hydrogens is 858 g/mol. The third-order valence-electron chi connectivity index (χ3n) is 19.9. The van der Waals surface area contributed by atoms with E-state index in [1.807, 2.05) is 0 Å². The first-order valence-corrected chi connectivity index (χ1v) is 27.1. The summed E-state index contributed by atoms with van der Waals surface area (Å²) < 4.78 is 2.75. The highest BCUT2D eigenvalue weighted by Gasteiger charge is 2.65. The lowest BCUT2D eigenvalue weighted by molar-refractivity contribution is 0.215. The molecule has 7 aromatic carbocycles. The van der Waals surface area contributed by atoms with Gasteiger partial charge in [0.15, 0.2) is 0 Å². The van der Waals surface area contributed by atoms with Crippen molar-refractivity contribution in [1.82, 2.24) is 4.57 Å². The second-order valence-corrected chi connectivity index (χ2v) is 26.6. The summed E-state index contributed by atoms with van der Waals surface area (Å²) in [4.78, 5) is 5.81. The molecule has 6 aliphatic rings. The number of fused-ring (bicyclic) bond motifs is 15. The smallest absolute Gasteiger partial charge is 0.252 e. The van der Waals surface area contributed by atoms with Crippen LogP contribution in [0, 0.1) is 0 Å². The van der Waals surface area contributed by atoms with Crippen molar-refractivity contribution in [1.29, 1.82) is 0 Å². The lowest BCUT2D eigenvalue weighted by atomic mass is 9.33. The van der Waals surface area contributed by atoms with E-state index >= 15 is 0 Å². The summed E-state index contributed by atoms with van der Waals surface area (Å²) in [5.41, 5.74) is 24.7. The van der Waals surface area contributed by atoms with Gasteiger partial charge >= 0.3 is 0 Å². The summed E-state index contributed by atoms with van der Waals surface area (Å²) in [7, 11) is 0. The fraction of sp³-hybridized carbons (Fsp3) is 0.373. The molecule has 8 aromatic rings. The number of nitrogens with zero attached hydrogens (tertiary/aromatic N) is 3. The Labute approximate surface area is 423 Å². The van der Waals surface area contributed by atoms with Gasteiger partial charge in [0.25, 0.3) is 6.71 Å². The van der Waals surface area contributed by atoms with E-state index in [2.05, 4.69) is 231 Å². The molecule has 4 heteroatoms. The first kappa shape index (κ1) is 43.8. The number of aryl methyl sites for hydroxylation is 1. The van der Waals surface area contributed by atoms with Gasteiger partial charge in [0.05, 0.1) is 16.6 Å². The minimum atomic E-state index is -0.346. The minimum Gasteiger partial charge on any atom is -0.334 e. The van der Waals surface area contributed by atoms with Crippen LogP contribution in [0.15, 0.2) is 133 Å². The Morgan fingerprint density at radius 1 is 0.507 bits per heavy atom. The molecule has 71 heavy (non-hydrogen) atoms. The molecule has 356 valence electrons. The Morgan fingerprint density at radius 3 is 1.89 bits per heavy atom. The van der Waals surface area contributed by atoms with Gasteiger partial charge in [0.2, 0.25) is 0 Å². The molecule has 4 aliphatic heterocycles. The number of hydrogen-bond donors (Lipinski definition) is 0. The topological polar surface area (TPSA) is 11.4 Å². The van der Waals surface area contributed by atoms with Crippen LogP contribution in [0.1, 0.15) is 160 Å². The van der Waals surface area contributed by atoms with E-state index in [9.17, 15) is 0 Å². The van der Waals surface area contributed by atoms with Crippen molar-refractivity contribution in [2.45, 2.75) is 160 Å². The zero-order valence-corrected chi connectivity index (χ0v) is 44.4. The van der Waals surface area contributed by atoms with Gasteiger partial charge in [-0.15, -0.1) is 0 Å². The Morgan fingerprint density at radius 2 is 1.14 bits per heavy atom. The Balaban J connectivity index is 1.17. The second kappa shape index (κ2) is 13.7. The van der Waals surface area contributed by atoms with Gasteiger partial charge in [-0.3, -0.25) is 0 Å². The van der Waals surface area contributed by atoms with Crippen LogP contribution in [0.4, 0.5) is 22.7 Å². The molecule has 5 heterocycles. The van der Waals surface area contributed by atoms with E-state index in [0.717, 1.165) is 25.7 Å². The summed E-state index contributed by atoms with van der Waals surface area (Å²) in [6, 6.07) is 54.0. The van der Waals surface area contributed by atoms with Gasteiger partial charge in [-0.2, -0.15) is 0 Å². The number of hydrogen-bond acceptors (Lipinski definition) is 2. The third-order valence-corrected chi connectivity index (χ3v) is 19.9. The number of para-hydroxylation sites is 1. The number of rotatable bonds is 2.